The molecule has 2 amide bonds. The van der Waals surface area contributed by atoms with Crippen LogP contribution >= 0.6 is 11.3 Å². The monoisotopic (exact) mass is 471 g/mol. The third kappa shape index (κ3) is 5.43. The van der Waals surface area contributed by atoms with Gasteiger partial charge in [-0.3, -0.25) is 9.59 Å². The van der Waals surface area contributed by atoms with E-state index in [0.29, 0.717) is 30.3 Å². The molecule has 172 valence electrons. The number of amides is 2. The van der Waals surface area contributed by atoms with Crippen LogP contribution in [0.2, 0.25) is 0 Å². The number of rotatable bonds is 9. The Morgan fingerprint density at radius 3 is 2.62 bits per heavy atom. The Labute approximate surface area is 202 Å². The van der Waals surface area contributed by atoms with Crippen molar-refractivity contribution in [1.29, 1.82) is 0 Å². The molecule has 0 bridgehead atoms. The van der Waals surface area contributed by atoms with Crippen molar-refractivity contribution >= 4 is 34.1 Å². The summed E-state index contributed by atoms with van der Waals surface area (Å²) in [5.41, 5.74) is 3.32. The lowest BCUT2D eigenvalue weighted by atomic mass is 10.1. The molecule has 1 aliphatic carbocycles. The highest BCUT2D eigenvalue weighted by atomic mass is 32.1. The highest BCUT2D eigenvalue weighted by Gasteiger charge is 2.23. The van der Waals surface area contributed by atoms with Crippen LogP contribution in [-0.4, -0.2) is 36.0 Å². The maximum atomic E-state index is 13.1. The lowest BCUT2D eigenvalue weighted by Gasteiger charge is -2.11. The van der Waals surface area contributed by atoms with Crippen LogP contribution in [0.15, 0.2) is 72.1 Å². The number of aromatic nitrogens is 1. The summed E-state index contributed by atoms with van der Waals surface area (Å²) in [7, 11) is 0. The number of pyridine rings is 1. The second-order valence-electron chi connectivity index (χ2n) is 8.33. The Balaban J connectivity index is 1.19. The summed E-state index contributed by atoms with van der Waals surface area (Å²) < 4.78 is 5.55. The van der Waals surface area contributed by atoms with Crippen molar-refractivity contribution in [3.63, 3.8) is 0 Å². The molecule has 34 heavy (non-hydrogen) atoms. The molecule has 4 aromatic rings. The van der Waals surface area contributed by atoms with Crippen molar-refractivity contribution in [2.75, 3.05) is 13.2 Å². The highest BCUT2D eigenvalue weighted by molar-refractivity contribution is 7.13. The van der Waals surface area contributed by atoms with Crippen molar-refractivity contribution in [2.45, 2.75) is 25.3 Å². The Morgan fingerprint density at radius 1 is 1.03 bits per heavy atom. The fourth-order valence-corrected chi connectivity index (χ4v) is 4.41. The van der Waals surface area contributed by atoms with E-state index in [0.717, 1.165) is 39.9 Å². The van der Waals surface area contributed by atoms with Crippen molar-refractivity contribution < 1.29 is 14.3 Å². The highest BCUT2D eigenvalue weighted by Crippen LogP contribution is 2.28. The number of benzene rings is 2. The zero-order valence-corrected chi connectivity index (χ0v) is 19.4. The van der Waals surface area contributed by atoms with E-state index in [1.54, 1.807) is 11.3 Å². The van der Waals surface area contributed by atoms with Crippen molar-refractivity contribution in [3.8, 4) is 16.3 Å². The molecule has 5 rings (SSSR count). The van der Waals surface area contributed by atoms with Gasteiger partial charge < -0.3 is 15.4 Å². The minimum Gasteiger partial charge on any atom is -0.484 e. The summed E-state index contributed by atoms with van der Waals surface area (Å²) in [6.45, 7) is 0.535. The van der Waals surface area contributed by atoms with Gasteiger partial charge in [0.25, 0.3) is 11.8 Å². The summed E-state index contributed by atoms with van der Waals surface area (Å²) >= 11 is 1.60. The summed E-state index contributed by atoms with van der Waals surface area (Å²) in [5, 5.41) is 8.79. The van der Waals surface area contributed by atoms with Gasteiger partial charge in [-0.1, -0.05) is 36.4 Å². The van der Waals surface area contributed by atoms with Gasteiger partial charge in [0.1, 0.15) is 5.75 Å². The lowest BCUT2D eigenvalue weighted by molar-refractivity contribution is -0.123. The van der Waals surface area contributed by atoms with E-state index in [9.17, 15) is 9.59 Å². The quantitative estimate of drug-likeness (QED) is 0.374. The maximum absolute atomic E-state index is 13.1. The Hall–Kier alpha value is -3.71. The number of nitrogens with zero attached hydrogens (tertiary/aromatic N) is 1. The van der Waals surface area contributed by atoms with Crippen LogP contribution in [0.1, 0.15) is 28.8 Å². The van der Waals surface area contributed by atoms with E-state index < -0.39 is 0 Å². The van der Waals surface area contributed by atoms with Crippen LogP contribution in [0.25, 0.3) is 21.5 Å². The standard InChI is InChI=1S/C27H25N3O3S/c31-26(29-19-9-10-19)17-33-20-11-7-18(8-12-20)13-14-28-27(32)22-16-24(25-6-3-15-34-25)30-23-5-2-1-4-21(22)23/h1-8,11-12,15-16,19H,9-10,13-14,17H2,(H,28,32)(H,29,31). The molecular formula is C27H25N3O3S. The second-order valence-corrected chi connectivity index (χ2v) is 9.28. The van der Waals surface area contributed by atoms with E-state index in [-0.39, 0.29) is 18.4 Å². The third-order valence-corrected chi connectivity index (χ3v) is 6.56. The molecule has 0 saturated heterocycles. The molecule has 0 atom stereocenters. The van der Waals surface area contributed by atoms with Crippen molar-refractivity contribution in [3.05, 3.63) is 83.2 Å². The molecule has 6 nitrogen and oxygen atoms in total. The van der Waals surface area contributed by atoms with Crippen LogP contribution in [0.4, 0.5) is 0 Å². The van der Waals surface area contributed by atoms with E-state index in [1.807, 2.05) is 72.1 Å². The lowest BCUT2D eigenvalue weighted by Crippen LogP contribution is -2.30. The van der Waals surface area contributed by atoms with E-state index >= 15 is 0 Å². The van der Waals surface area contributed by atoms with Gasteiger partial charge in [0, 0.05) is 18.0 Å². The predicted octanol–water partition coefficient (Wildman–Crippen LogP) is 4.59. The number of hydrogen-bond donors (Lipinski definition) is 2. The number of para-hydroxylation sites is 1. The molecule has 2 heterocycles. The first-order valence-electron chi connectivity index (χ1n) is 11.4. The molecule has 0 unspecified atom stereocenters. The molecular weight excluding hydrogens is 446 g/mol. The first kappa shape index (κ1) is 22.1. The van der Waals surface area contributed by atoms with E-state index in [1.165, 1.54) is 0 Å². The van der Waals surface area contributed by atoms with E-state index in [4.69, 9.17) is 9.72 Å². The molecule has 0 spiro atoms. The molecule has 7 heteroatoms. The van der Waals surface area contributed by atoms with Crippen LogP contribution in [0.5, 0.6) is 5.75 Å². The fraction of sp³-hybridized carbons (Fsp3) is 0.222. The molecule has 1 saturated carbocycles. The Morgan fingerprint density at radius 2 is 1.85 bits per heavy atom. The molecule has 2 aromatic heterocycles. The third-order valence-electron chi connectivity index (χ3n) is 5.67. The topological polar surface area (TPSA) is 80.3 Å². The van der Waals surface area contributed by atoms with Crippen LogP contribution in [0, 0.1) is 0 Å². The van der Waals surface area contributed by atoms with Crippen LogP contribution in [0.3, 0.4) is 0 Å². The van der Waals surface area contributed by atoms with Gasteiger partial charge in [-0.25, -0.2) is 4.98 Å². The number of carbonyl (C=O) groups excluding carboxylic acids is 2. The molecule has 2 aromatic carbocycles. The zero-order valence-electron chi connectivity index (χ0n) is 18.6. The average molecular weight is 472 g/mol. The summed E-state index contributed by atoms with van der Waals surface area (Å²) in [4.78, 5) is 30.6. The SMILES string of the molecule is O=C(COc1ccc(CCNC(=O)c2cc(-c3cccs3)nc3ccccc23)cc1)NC1CC1. The summed E-state index contributed by atoms with van der Waals surface area (Å²) in [6, 6.07) is 21.5. The number of thiophene rings is 1. The second kappa shape index (κ2) is 10.1. The van der Waals surface area contributed by atoms with Crippen LogP contribution in [-0.2, 0) is 11.2 Å². The van der Waals surface area contributed by atoms with E-state index in [2.05, 4.69) is 10.6 Å². The smallest absolute Gasteiger partial charge is 0.258 e. The first-order valence-corrected chi connectivity index (χ1v) is 12.3. The summed E-state index contributed by atoms with van der Waals surface area (Å²) in [6.07, 6.45) is 2.81. The molecule has 1 aliphatic rings. The maximum Gasteiger partial charge on any atom is 0.258 e. The minimum absolute atomic E-state index is 0.0270. The summed E-state index contributed by atoms with van der Waals surface area (Å²) in [5.74, 6) is 0.460. The van der Waals surface area contributed by atoms with Crippen molar-refractivity contribution in [2.24, 2.45) is 0 Å². The van der Waals surface area contributed by atoms with Gasteiger partial charge >= 0.3 is 0 Å². The normalized spacial score (nSPS) is 12.9. The molecule has 0 radical (unpaired) electrons. The van der Waals surface area contributed by atoms with Gasteiger partial charge in [0.15, 0.2) is 6.61 Å². The first-order chi connectivity index (χ1) is 16.7. The molecule has 1 fully saturated rings. The largest absolute Gasteiger partial charge is 0.484 e. The van der Waals surface area contributed by atoms with Gasteiger partial charge in [0.05, 0.1) is 21.7 Å². The zero-order chi connectivity index (χ0) is 23.3. The number of nitrogens with one attached hydrogen (secondary N) is 2. The van der Waals surface area contributed by atoms with Gasteiger partial charge in [-0.2, -0.15) is 0 Å². The molecule has 0 aliphatic heterocycles. The fourth-order valence-electron chi connectivity index (χ4n) is 3.73. The Bertz CT molecular complexity index is 1300. The molecule has 2 N–H and O–H groups in total. The minimum atomic E-state index is -0.113. The Kier molecular flexibility index (Phi) is 6.53. The number of carbonyl (C=O) groups is 2. The average Bonchev–Trinajstić information content (AvgIpc) is 3.50. The van der Waals surface area contributed by atoms with Gasteiger partial charge in [-0.05, 0) is 60.5 Å². The van der Waals surface area contributed by atoms with Crippen LogP contribution < -0.4 is 15.4 Å². The van der Waals surface area contributed by atoms with Gasteiger partial charge in [0.2, 0.25) is 0 Å². The van der Waals surface area contributed by atoms with Crippen molar-refractivity contribution in [1.82, 2.24) is 15.6 Å². The number of hydrogen-bond acceptors (Lipinski definition) is 5. The number of ether oxygens (including phenoxy) is 1. The number of fused-ring (bicyclic) bond motifs is 1. The van der Waals surface area contributed by atoms with Gasteiger partial charge in [-0.15, -0.1) is 11.3 Å². The predicted molar refractivity (Wildman–Crippen MR) is 134 cm³/mol.